The van der Waals surface area contributed by atoms with E-state index < -0.39 is 59.7 Å². The van der Waals surface area contributed by atoms with E-state index in [4.69, 9.17) is 17.3 Å². The number of fused-ring (bicyclic) bond motifs is 5. The fraction of sp³-hybridized carbons (Fsp3) is 0.318. The van der Waals surface area contributed by atoms with Crippen molar-refractivity contribution >= 4 is 46.9 Å². The maximum Gasteiger partial charge on any atom is 0.251 e. The summed E-state index contributed by atoms with van der Waals surface area (Å²) >= 11 is 6.04. The van der Waals surface area contributed by atoms with Crippen molar-refractivity contribution in [1.29, 1.82) is 0 Å². The number of Topliss-reactive ketones (excluding diaryl/α,β-unsaturated/α-hetero) is 1. The molecule has 15 heteroatoms. The highest BCUT2D eigenvalue weighted by Crippen LogP contribution is 2.39. The van der Waals surface area contributed by atoms with Gasteiger partial charge in [-0.25, -0.2) is 0 Å². The Kier molecular flexibility index (Phi) is 14.5. The van der Waals surface area contributed by atoms with E-state index in [0.717, 1.165) is 16.0 Å². The van der Waals surface area contributed by atoms with Gasteiger partial charge >= 0.3 is 0 Å². The Labute approximate surface area is 347 Å². The van der Waals surface area contributed by atoms with Gasteiger partial charge in [-0.3, -0.25) is 28.8 Å². The van der Waals surface area contributed by atoms with Crippen LogP contribution in [0.15, 0.2) is 84.9 Å². The molecule has 4 aromatic carbocycles. The van der Waals surface area contributed by atoms with Crippen molar-refractivity contribution < 1.29 is 39.0 Å². The monoisotopic (exact) mass is 824 g/mol. The van der Waals surface area contributed by atoms with Crippen LogP contribution in [0.3, 0.4) is 0 Å². The number of hydrogen-bond donors (Lipinski definition) is 7. The van der Waals surface area contributed by atoms with E-state index in [1.165, 1.54) is 52.1 Å². The summed E-state index contributed by atoms with van der Waals surface area (Å²) in [4.78, 5) is 82.6. The first-order valence-electron chi connectivity index (χ1n) is 19.3. The van der Waals surface area contributed by atoms with E-state index in [2.05, 4.69) is 21.3 Å². The van der Waals surface area contributed by atoms with Crippen LogP contribution < -0.4 is 27.0 Å². The van der Waals surface area contributed by atoms with E-state index in [1.54, 1.807) is 48.5 Å². The topological polar surface area (TPSA) is 220 Å². The number of phenolic OH excluding ortho intramolecular Hbond substituents is 2. The molecule has 0 radical (unpaired) electrons. The standard InChI is InChI=1S/C44H49ClN6O8/c1-24(26(3)52)47-42(57)36-22-27-8-18-37(53)33(21-27)34-23-31(15-19-38(34)54)39(43(58)48-25(2)40(55)50-36)51(4)44(59)35(7-5-6-20-46)49-41(56)30-11-9-28(10-12-30)29-13-16-32(45)17-14-29/h8-19,21,23-25,35-36,39,53-54H,5-7,20,22,46H2,1-4H3,(H,47,57)(H,48,58)(H,49,56)(H,50,55). The maximum absolute atomic E-state index is 14.5. The van der Waals surface area contributed by atoms with E-state index >= 15 is 0 Å². The summed E-state index contributed by atoms with van der Waals surface area (Å²) < 4.78 is 0. The number of ketones is 1. The average Bonchev–Trinajstić information content (AvgIpc) is 3.21. The highest BCUT2D eigenvalue weighted by molar-refractivity contribution is 6.30. The predicted molar refractivity (Wildman–Crippen MR) is 223 cm³/mol. The second kappa shape index (κ2) is 19.5. The Morgan fingerprint density at radius 1 is 0.847 bits per heavy atom. The van der Waals surface area contributed by atoms with Gasteiger partial charge in [0.2, 0.25) is 23.6 Å². The number of carbonyl (C=O) groups excluding carboxylic acids is 6. The summed E-state index contributed by atoms with van der Waals surface area (Å²) in [5.41, 5.74) is 8.80. The molecule has 5 unspecified atom stereocenters. The number of nitrogens with one attached hydrogen (secondary N) is 4. The first kappa shape index (κ1) is 43.9. The molecular formula is C44H49ClN6O8. The molecule has 14 nitrogen and oxygen atoms in total. The van der Waals surface area contributed by atoms with Crippen LogP contribution in [0.2, 0.25) is 5.02 Å². The zero-order valence-electron chi connectivity index (χ0n) is 33.3. The molecule has 0 aromatic heterocycles. The van der Waals surface area contributed by atoms with Crippen LogP contribution in [0.5, 0.6) is 11.5 Å². The SMILES string of the molecule is CC(=O)C(C)NC(=O)C1Cc2ccc(O)c(c2)-c2cc(ccc2O)C(N(C)C(=O)C(CCCCN)NC(=O)c2ccc(-c3ccc(Cl)cc3)cc2)C(=O)NC(C)C(=O)N1. The van der Waals surface area contributed by atoms with Gasteiger partial charge < -0.3 is 42.1 Å². The van der Waals surface area contributed by atoms with Crippen molar-refractivity contribution in [1.82, 2.24) is 26.2 Å². The number of amides is 5. The van der Waals surface area contributed by atoms with E-state index in [0.29, 0.717) is 35.5 Å². The highest BCUT2D eigenvalue weighted by Gasteiger charge is 2.36. The molecule has 0 spiro atoms. The van der Waals surface area contributed by atoms with Crippen LogP contribution in [0.1, 0.15) is 67.6 Å². The van der Waals surface area contributed by atoms with Crippen molar-refractivity contribution in [2.75, 3.05) is 13.6 Å². The van der Waals surface area contributed by atoms with Crippen molar-refractivity contribution in [3.8, 4) is 33.8 Å². The Balaban J connectivity index is 1.50. The normalized spacial score (nSPS) is 17.6. The zero-order valence-corrected chi connectivity index (χ0v) is 34.0. The lowest BCUT2D eigenvalue weighted by molar-refractivity contribution is -0.141. The number of likely N-dealkylation sites (N-methyl/N-ethyl adjacent to an activating group) is 1. The Hall–Kier alpha value is -6.25. The van der Waals surface area contributed by atoms with E-state index in [1.807, 2.05) is 12.1 Å². The third-order valence-electron chi connectivity index (χ3n) is 10.3. The molecule has 0 saturated carbocycles. The lowest BCUT2D eigenvalue weighted by Gasteiger charge is -2.32. The molecule has 5 atom stereocenters. The summed E-state index contributed by atoms with van der Waals surface area (Å²) in [6, 6.07) is 17.0. The smallest absolute Gasteiger partial charge is 0.251 e. The minimum atomic E-state index is -1.42. The molecule has 1 aliphatic heterocycles. The molecule has 1 heterocycles. The van der Waals surface area contributed by atoms with E-state index in [9.17, 15) is 39.0 Å². The molecule has 5 amide bonds. The molecule has 4 bridgehead atoms. The number of hydrogen-bond acceptors (Lipinski definition) is 9. The fourth-order valence-corrected chi connectivity index (χ4v) is 6.88. The Bertz CT molecular complexity index is 2210. The molecule has 1 aliphatic rings. The average molecular weight is 825 g/mol. The van der Waals surface area contributed by atoms with Crippen LogP contribution >= 0.6 is 11.6 Å². The molecule has 59 heavy (non-hydrogen) atoms. The third kappa shape index (κ3) is 10.8. The highest BCUT2D eigenvalue weighted by atomic mass is 35.5. The fourth-order valence-electron chi connectivity index (χ4n) is 6.75. The number of phenols is 2. The lowest BCUT2D eigenvalue weighted by Crippen LogP contribution is -2.56. The summed E-state index contributed by atoms with van der Waals surface area (Å²) in [7, 11) is 1.39. The maximum atomic E-state index is 14.5. The van der Waals surface area contributed by atoms with Gasteiger partial charge in [-0.2, -0.15) is 0 Å². The van der Waals surface area contributed by atoms with Crippen molar-refractivity contribution in [3.05, 3.63) is 107 Å². The molecule has 310 valence electrons. The number of nitrogens with zero attached hydrogens (tertiary/aromatic N) is 1. The number of carbonyl (C=O) groups is 6. The molecule has 4 aromatic rings. The first-order valence-corrected chi connectivity index (χ1v) is 19.7. The van der Waals surface area contributed by atoms with Crippen LogP contribution in [0.25, 0.3) is 22.3 Å². The van der Waals surface area contributed by atoms with Crippen molar-refractivity contribution in [3.63, 3.8) is 0 Å². The van der Waals surface area contributed by atoms with Crippen LogP contribution in [-0.2, 0) is 30.4 Å². The number of nitrogens with two attached hydrogens (primary N) is 1. The van der Waals surface area contributed by atoms with Crippen LogP contribution in [-0.4, -0.2) is 88.2 Å². The lowest BCUT2D eigenvalue weighted by atomic mass is 9.93. The summed E-state index contributed by atoms with van der Waals surface area (Å²) in [5.74, 6) is -4.09. The second-order valence-electron chi connectivity index (χ2n) is 14.7. The zero-order chi connectivity index (χ0) is 43.0. The minimum absolute atomic E-state index is 0.0692. The molecule has 0 aliphatic carbocycles. The van der Waals surface area contributed by atoms with Crippen LogP contribution in [0.4, 0.5) is 0 Å². The van der Waals surface area contributed by atoms with Crippen molar-refractivity contribution in [2.45, 2.75) is 76.7 Å². The predicted octanol–water partition coefficient (Wildman–Crippen LogP) is 4.15. The minimum Gasteiger partial charge on any atom is -0.507 e. The molecule has 0 fully saturated rings. The Morgan fingerprint density at radius 3 is 2.08 bits per heavy atom. The summed E-state index contributed by atoms with van der Waals surface area (Å²) in [6.07, 6.45) is 1.16. The van der Waals surface area contributed by atoms with Gasteiger partial charge in [0, 0.05) is 35.2 Å². The molecule has 0 saturated heterocycles. The van der Waals surface area contributed by atoms with Crippen LogP contribution in [0, 0.1) is 0 Å². The number of unbranched alkanes of at least 4 members (excludes halogenated alkanes) is 1. The van der Waals surface area contributed by atoms with Gasteiger partial charge in [-0.15, -0.1) is 0 Å². The number of rotatable bonds is 12. The third-order valence-corrected chi connectivity index (χ3v) is 10.6. The van der Waals surface area contributed by atoms with Gasteiger partial charge in [0.1, 0.15) is 35.7 Å². The number of benzene rings is 4. The Morgan fingerprint density at radius 2 is 1.46 bits per heavy atom. The summed E-state index contributed by atoms with van der Waals surface area (Å²) in [6.45, 7) is 4.59. The molecule has 8 N–H and O–H groups in total. The second-order valence-corrected chi connectivity index (χ2v) is 15.1. The quantitative estimate of drug-likeness (QED) is 0.102. The van der Waals surface area contributed by atoms with Gasteiger partial charge in [-0.1, -0.05) is 48.0 Å². The first-order chi connectivity index (χ1) is 28.1. The summed E-state index contributed by atoms with van der Waals surface area (Å²) in [5, 5.41) is 33.4. The molecular weight excluding hydrogens is 776 g/mol. The van der Waals surface area contributed by atoms with E-state index in [-0.39, 0.29) is 46.8 Å². The van der Waals surface area contributed by atoms with Gasteiger partial charge in [0.25, 0.3) is 5.91 Å². The van der Waals surface area contributed by atoms with Crippen molar-refractivity contribution in [2.24, 2.45) is 5.73 Å². The largest absolute Gasteiger partial charge is 0.507 e. The number of aromatic hydroxyl groups is 2. The van der Waals surface area contributed by atoms with Gasteiger partial charge in [-0.05, 0) is 117 Å². The van der Waals surface area contributed by atoms with Gasteiger partial charge in [0.15, 0.2) is 5.78 Å². The van der Waals surface area contributed by atoms with Gasteiger partial charge in [0.05, 0.1) is 6.04 Å². The number of halogens is 1. The molecule has 5 rings (SSSR count).